The third-order valence-corrected chi connectivity index (χ3v) is 3.72. The van der Waals surface area contributed by atoms with Crippen molar-refractivity contribution in [2.45, 2.75) is 45.3 Å². The highest BCUT2D eigenvalue weighted by atomic mass is 19.4. The summed E-state index contributed by atoms with van der Waals surface area (Å²) in [5.74, 6) is 4.68. The van der Waals surface area contributed by atoms with Gasteiger partial charge in [-0.25, -0.2) is 0 Å². The smallest absolute Gasteiger partial charge is 0.347 e. The normalized spacial score (nSPS) is 12.1. The van der Waals surface area contributed by atoms with Gasteiger partial charge in [-0.3, -0.25) is 10.6 Å². The Bertz CT molecular complexity index is 511. The van der Waals surface area contributed by atoms with Gasteiger partial charge in [0, 0.05) is 5.54 Å². The number of carbonyl (C=O) groups excluding carboxylic acids is 1. The maximum Gasteiger partial charge on any atom is 0.416 e. The Kier molecular flexibility index (Phi) is 5.22. The summed E-state index contributed by atoms with van der Waals surface area (Å²) in [6.07, 6.45) is -3.18. The van der Waals surface area contributed by atoms with E-state index in [9.17, 15) is 18.0 Å². The van der Waals surface area contributed by atoms with Crippen LogP contribution in [0, 0.1) is 0 Å². The van der Waals surface area contributed by atoms with E-state index in [4.69, 9.17) is 5.84 Å². The second-order valence-electron chi connectivity index (χ2n) is 5.12. The van der Waals surface area contributed by atoms with Crippen LogP contribution in [-0.4, -0.2) is 11.4 Å². The van der Waals surface area contributed by atoms with Crippen LogP contribution in [0.3, 0.4) is 0 Å². The zero-order chi connectivity index (χ0) is 16.3. The van der Waals surface area contributed by atoms with Gasteiger partial charge >= 0.3 is 6.18 Å². The van der Waals surface area contributed by atoms with E-state index in [1.54, 1.807) is 0 Å². The summed E-state index contributed by atoms with van der Waals surface area (Å²) in [6, 6.07) is 2.83. The Morgan fingerprint density at radius 2 is 1.81 bits per heavy atom. The number of hydrogen-bond donors (Lipinski definition) is 3. The van der Waals surface area contributed by atoms with Crippen molar-refractivity contribution in [2.75, 3.05) is 5.43 Å². The molecule has 0 bridgehead atoms. The van der Waals surface area contributed by atoms with Crippen molar-refractivity contribution in [3.63, 3.8) is 0 Å². The minimum absolute atomic E-state index is 0.125. The molecule has 0 aliphatic heterocycles. The lowest BCUT2D eigenvalue weighted by Gasteiger charge is -2.28. The summed E-state index contributed by atoms with van der Waals surface area (Å²) in [5.41, 5.74) is 0.910. The number of alkyl halides is 3. The molecule has 0 aliphatic carbocycles. The van der Waals surface area contributed by atoms with Gasteiger partial charge in [0.25, 0.3) is 5.91 Å². The first kappa shape index (κ1) is 17.3. The predicted molar refractivity (Wildman–Crippen MR) is 75.7 cm³/mol. The lowest BCUT2D eigenvalue weighted by atomic mass is 9.94. The van der Waals surface area contributed by atoms with Crippen molar-refractivity contribution in [1.82, 2.24) is 5.32 Å². The topological polar surface area (TPSA) is 67.2 Å². The van der Waals surface area contributed by atoms with E-state index in [0.29, 0.717) is 12.8 Å². The Morgan fingerprint density at radius 3 is 2.24 bits per heavy atom. The number of nitrogens with two attached hydrogens (primary N) is 1. The molecular formula is C14H20F3N3O. The first-order valence-corrected chi connectivity index (χ1v) is 6.67. The van der Waals surface area contributed by atoms with Crippen LogP contribution < -0.4 is 16.6 Å². The molecular weight excluding hydrogens is 283 g/mol. The van der Waals surface area contributed by atoms with E-state index in [0.717, 1.165) is 18.2 Å². The minimum Gasteiger partial charge on any atom is -0.347 e. The number of carbonyl (C=O) groups is 1. The van der Waals surface area contributed by atoms with Gasteiger partial charge in [-0.15, -0.1) is 0 Å². The van der Waals surface area contributed by atoms with Crippen LogP contribution in [0.15, 0.2) is 18.2 Å². The molecule has 4 N–H and O–H groups in total. The molecule has 0 radical (unpaired) electrons. The average Bonchev–Trinajstić information content (AvgIpc) is 2.45. The molecule has 0 saturated heterocycles. The fourth-order valence-corrected chi connectivity index (χ4v) is 1.80. The van der Waals surface area contributed by atoms with E-state index in [-0.39, 0.29) is 11.3 Å². The highest BCUT2D eigenvalue weighted by Crippen LogP contribution is 2.32. The Labute approximate surface area is 121 Å². The van der Waals surface area contributed by atoms with Crippen LogP contribution in [0.4, 0.5) is 18.9 Å². The second kappa shape index (κ2) is 6.34. The van der Waals surface area contributed by atoms with Gasteiger partial charge in [-0.05, 0) is 38.0 Å². The van der Waals surface area contributed by atoms with Crippen molar-refractivity contribution in [1.29, 1.82) is 0 Å². The number of anilines is 1. The van der Waals surface area contributed by atoms with Crippen molar-refractivity contribution in [2.24, 2.45) is 5.84 Å². The maximum atomic E-state index is 12.8. The third-order valence-electron chi connectivity index (χ3n) is 3.72. The van der Waals surface area contributed by atoms with Crippen molar-refractivity contribution in [3.05, 3.63) is 29.3 Å². The van der Waals surface area contributed by atoms with Crippen molar-refractivity contribution < 1.29 is 18.0 Å². The average molecular weight is 303 g/mol. The Hall–Kier alpha value is -1.76. The molecule has 7 heteroatoms. The predicted octanol–water partition coefficient (Wildman–Crippen LogP) is 3.30. The minimum atomic E-state index is -4.51. The first-order valence-electron chi connectivity index (χ1n) is 6.67. The summed E-state index contributed by atoms with van der Waals surface area (Å²) < 4.78 is 38.3. The molecule has 0 unspecified atom stereocenters. The molecule has 21 heavy (non-hydrogen) atoms. The molecule has 1 amide bonds. The van der Waals surface area contributed by atoms with Gasteiger partial charge in [-0.2, -0.15) is 13.2 Å². The number of hydrogen-bond acceptors (Lipinski definition) is 3. The van der Waals surface area contributed by atoms with Gasteiger partial charge < -0.3 is 10.7 Å². The summed E-state index contributed by atoms with van der Waals surface area (Å²) in [4.78, 5) is 12.3. The van der Waals surface area contributed by atoms with Gasteiger partial charge in [0.2, 0.25) is 0 Å². The van der Waals surface area contributed by atoms with Crippen LogP contribution in [-0.2, 0) is 6.18 Å². The molecule has 0 spiro atoms. The molecule has 0 aromatic heterocycles. The SMILES string of the molecule is CCC(C)(CC)NC(=O)c1cc(C(F)(F)F)ccc1NN. The summed E-state index contributed by atoms with van der Waals surface area (Å²) in [7, 11) is 0. The largest absolute Gasteiger partial charge is 0.416 e. The highest BCUT2D eigenvalue weighted by Gasteiger charge is 2.32. The second-order valence-corrected chi connectivity index (χ2v) is 5.12. The number of nitrogen functional groups attached to an aromatic ring is 1. The Balaban J connectivity index is 3.18. The summed E-state index contributed by atoms with van der Waals surface area (Å²) in [5, 5.41) is 2.76. The molecule has 0 aliphatic rings. The summed E-state index contributed by atoms with van der Waals surface area (Å²) in [6.45, 7) is 5.64. The number of nitrogens with one attached hydrogen (secondary N) is 2. The molecule has 1 aromatic rings. The van der Waals surface area contributed by atoms with Crippen LogP contribution in [0.2, 0.25) is 0 Å². The molecule has 0 fully saturated rings. The van der Waals surface area contributed by atoms with E-state index in [2.05, 4.69) is 10.7 Å². The Morgan fingerprint density at radius 1 is 1.24 bits per heavy atom. The van der Waals surface area contributed by atoms with Crippen molar-refractivity contribution >= 4 is 11.6 Å². The summed E-state index contributed by atoms with van der Waals surface area (Å²) >= 11 is 0. The highest BCUT2D eigenvalue weighted by molar-refractivity contribution is 6.00. The molecule has 0 atom stereocenters. The molecule has 1 rings (SSSR count). The fraction of sp³-hybridized carbons (Fsp3) is 0.500. The van der Waals surface area contributed by atoms with E-state index >= 15 is 0 Å². The van der Waals surface area contributed by atoms with E-state index in [1.165, 1.54) is 0 Å². The molecule has 4 nitrogen and oxygen atoms in total. The number of benzene rings is 1. The van der Waals surface area contributed by atoms with Gasteiger partial charge in [0.1, 0.15) is 0 Å². The molecule has 0 saturated carbocycles. The van der Waals surface area contributed by atoms with Crippen LogP contribution in [0.25, 0.3) is 0 Å². The lowest BCUT2D eigenvalue weighted by molar-refractivity contribution is -0.137. The number of halogens is 3. The van der Waals surface area contributed by atoms with Crippen LogP contribution in [0.5, 0.6) is 0 Å². The molecule has 0 heterocycles. The third kappa shape index (κ3) is 4.10. The van der Waals surface area contributed by atoms with E-state index in [1.807, 2.05) is 20.8 Å². The van der Waals surface area contributed by atoms with Crippen LogP contribution >= 0.6 is 0 Å². The monoisotopic (exact) mass is 303 g/mol. The quantitative estimate of drug-likeness (QED) is 0.577. The number of rotatable bonds is 5. The van der Waals surface area contributed by atoms with Crippen molar-refractivity contribution in [3.8, 4) is 0 Å². The standard InChI is InChI=1S/C14H20F3N3O/c1-4-13(3,5-2)19-12(21)10-8-9(14(15,16)17)6-7-11(10)20-18/h6-8,20H,4-5,18H2,1-3H3,(H,19,21). The number of amides is 1. The molecule has 118 valence electrons. The number of hydrazine groups is 1. The fourth-order valence-electron chi connectivity index (χ4n) is 1.80. The first-order chi connectivity index (χ1) is 9.66. The lowest BCUT2D eigenvalue weighted by Crippen LogP contribution is -2.45. The molecule has 1 aromatic carbocycles. The van der Waals surface area contributed by atoms with Gasteiger partial charge in [0.05, 0.1) is 16.8 Å². The van der Waals surface area contributed by atoms with Gasteiger partial charge in [-0.1, -0.05) is 13.8 Å². The maximum absolute atomic E-state index is 12.8. The zero-order valence-corrected chi connectivity index (χ0v) is 12.3. The van der Waals surface area contributed by atoms with Gasteiger partial charge in [0.15, 0.2) is 0 Å². The zero-order valence-electron chi connectivity index (χ0n) is 12.3. The van der Waals surface area contributed by atoms with E-state index < -0.39 is 23.2 Å². The van der Waals surface area contributed by atoms with Crippen LogP contribution in [0.1, 0.15) is 49.5 Å².